The number of hydrogen-bond acceptors (Lipinski definition) is 3. The van der Waals surface area contributed by atoms with Gasteiger partial charge in [0.15, 0.2) is 0 Å². The van der Waals surface area contributed by atoms with E-state index in [0.717, 1.165) is 0 Å². The van der Waals surface area contributed by atoms with Crippen molar-refractivity contribution in [3.8, 4) is 0 Å². The van der Waals surface area contributed by atoms with Crippen molar-refractivity contribution in [2.75, 3.05) is 33.5 Å². The molecule has 14 heavy (non-hydrogen) atoms. The zero-order valence-corrected chi connectivity index (χ0v) is 9.74. The van der Waals surface area contributed by atoms with Crippen LogP contribution in [0.25, 0.3) is 0 Å². The average molecular weight is 223 g/mol. The quantitative estimate of drug-likeness (QED) is 0.707. The summed E-state index contributed by atoms with van der Waals surface area (Å²) in [4.78, 5) is 9.43. The second-order valence-corrected chi connectivity index (χ2v) is 5.97. The molecule has 0 aromatic heterocycles. The Morgan fingerprint density at radius 1 is 1.64 bits per heavy atom. The predicted octanol–water partition coefficient (Wildman–Crippen LogP) is 0.537. The molecule has 0 spiro atoms. The molecule has 1 aliphatic rings. The lowest BCUT2D eigenvalue weighted by Gasteiger charge is -2.37. The van der Waals surface area contributed by atoms with Crippen molar-refractivity contribution in [2.45, 2.75) is 19.1 Å². The van der Waals surface area contributed by atoms with Crippen LogP contribution in [0.5, 0.6) is 0 Å². The molecule has 1 heterocycles. The first kappa shape index (κ1) is 12.1. The summed E-state index contributed by atoms with van der Waals surface area (Å²) < 4.78 is 23.5. The Balaban J connectivity index is 2.58. The average Bonchev–Trinajstić information content (AvgIpc) is 2.02. The Hall–Kier alpha value is 0.0700. The van der Waals surface area contributed by atoms with Crippen LogP contribution in [0.3, 0.4) is 0 Å². The van der Waals surface area contributed by atoms with Gasteiger partial charge in [0.1, 0.15) is 0 Å². The van der Waals surface area contributed by atoms with E-state index in [9.17, 15) is 9.46 Å². The molecule has 0 saturated carbocycles. The summed E-state index contributed by atoms with van der Waals surface area (Å²) >= 11 is 0. The van der Waals surface area contributed by atoms with E-state index in [-0.39, 0.29) is 12.2 Å². The van der Waals surface area contributed by atoms with Crippen LogP contribution < -0.4 is 0 Å². The maximum Gasteiger partial charge on any atom is 0.267 e. The van der Waals surface area contributed by atoms with E-state index in [0.29, 0.717) is 19.7 Å². The molecule has 1 rings (SSSR count). The van der Waals surface area contributed by atoms with Gasteiger partial charge >= 0.3 is 0 Å². The minimum absolute atomic E-state index is 0.0238. The van der Waals surface area contributed by atoms with Crippen LogP contribution in [0, 0.1) is 0 Å². The van der Waals surface area contributed by atoms with E-state index in [1.807, 2.05) is 6.92 Å². The Labute approximate surface area is 84.5 Å². The van der Waals surface area contributed by atoms with Gasteiger partial charge in [-0.15, -0.1) is 0 Å². The van der Waals surface area contributed by atoms with Crippen molar-refractivity contribution in [1.29, 1.82) is 0 Å². The molecule has 0 radical (unpaired) electrons. The minimum atomic E-state index is -3.14. The van der Waals surface area contributed by atoms with Gasteiger partial charge in [-0.3, -0.25) is 4.57 Å². The molecule has 1 saturated heterocycles. The molecule has 6 heteroatoms. The number of morpholine rings is 1. The second kappa shape index (κ2) is 4.73. The smallest absolute Gasteiger partial charge is 0.267 e. The molecule has 1 aliphatic heterocycles. The van der Waals surface area contributed by atoms with Crippen LogP contribution >= 0.6 is 7.52 Å². The molecule has 84 valence electrons. The summed E-state index contributed by atoms with van der Waals surface area (Å²) in [6.45, 7) is 4.67. The molecular weight excluding hydrogens is 205 g/mol. The SMILES string of the molecule is COC[C@@H]1CN(P(C)(=O)O)C[C@H](C)O1. The van der Waals surface area contributed by atoms with E-state index < -0.39 is 7.52 Å². The molecule has 0 amide bonds. The highest BCUT2D eigenvalue weighted by Crippen LogP contribution is 2.42. The number of hydrogen-bond donors (Lipinski definition) is 1. The number of ether oxygens (including phenoxy) is 2. The Kier molecular flexibility index (Phi) is 4.10. The Bertz CT molecular complexity index is 229. The summed E-state index contributed by atoms with van der Waals surface area (Å²) in [5.41, 5.74) is 0. The first-order valence-corrected chi connectivity index (χ1v) is 6.69. The molecule has 0 aromatic rings. The highest BCUT2D eigenvalue weighted by atomic mass is 31.2. The van der Waals surface area contributed by atoms with Crippen molar-refractivity contribution in [2.24, 2.45) is 0 Å². The van der Waals surface area contributed by atoms with Gasteiger partial charge in [0.05, 0.1) is 18.8 Å². The molecule has 5 nitrogen and oxygen atoms in total. The zero-order chi connectivity index (χ0) is 10.8. The number of nitrogens with zero attached hydrogens (tertiary/aromatic N) is 1. The van der Waals surface area contributed by atoms with E-state index in [1.165, 1.54) is 6.66 Å². The first-order valence-electron chi connectivity index (χ1n) is 4.63. The van der Waals surface area contributed by atoms with Crippen LogP contribution in [0.15, 0.2) is 0 Å². The molecule has 1 fully saturated rings. The maximum absolute atomic E-state index is 11.5. The Morgan fingerprint density at radius 2 is 2.29 bits per heavy atom. The highest BCUT2D eigenvalue weighted by Gasteiger charge is 2.32. The summed E-state index contributed by atoms with van der Waals surface area (Å²) in [5.74, 6) is 0. The molecule has 0 aliphatic carbocycles. The van der Waals surface area contributed by atoms with Gasteiger partial charge in [-0.05, 0) is 6.92 Å². The van der Waals surface area contributed by atoms with Crippen LogP contribution in [-0.2, 0) is 14.0 Å². The summed E-state index contributed by atoms with van der Waals surface area (Å²) in [5, 5.41) is 0. The third kappa shape index (κ3) is 3.33. The molecule has 0 bridgehead atoms. The molecular formula is C8H18NO4P. The van der Waals surface area contributed by atoms with Crippen LogP contribution in [0.4, 0.5) is 0 Å². The highest BCUT2D eigenvalue weighted by molar-refractivity contribution is 7.54. The predicted molar refractivity (Wildman–Crippen MR) is 53.5 cm³/mol. The van der Waals surface area contributed by atoms with Crippen molar-refractivity contribution >= 4 is 7.52 Å². The largest absolute Gasteiger partial charge is 0.382 e. The number of methoxy groups -OCH3 is 1. The van der Waals surface area contributed by atoms with Crippen molar-refractivity contribution in [3.63, 3.8) is 0 Å². The molecule has 1 N–H and O–H groups in total. The van der Waals surface area contributed by atoms with E-state index in [1.54, 1.807) is 11.8 Å². The van der Waals surface area contributed by atoms with E-state index >= 15 is 0 Å². The monoisotopic (exact) mass is 223 g/mol. The van der Waals surface area contributed by atoms with Crippen molar-refractivity contribution in [1.82, 2.24) is 4.67 Å². The normalized spacial score (nSPS) is 34.0. The lowest BCUT2D eigenvalue weighted by molar-refractivity contribution is -0.0840. The zero-order valence-electron chi connectivity index (χ0n) is 8.84. The Morgan fingerprint density at radius 3 is 2.79 bits per heavy atom. The fraction of sp³-hybridized carbons (Fsp3) is 1.00. The van der Waals surface area contributed by atoms with Gasteiger partial charge in [0, 0.05) is 26.9 Å². The van der Waals surface area contributed by atoms with Gasteiger partial charge in [0.25, 0.3) is 7.52 Å². The van der Waals surface area contributed by atoms with E-state index in [4.69, 9.17) is 9.47 Å². The van der Waals surface area contributed by atoms with E-state index in [2.05, 4.69) is 0 Å². The van der Waals surface area contributed by atoms with Gasteiger partial charge < -0.3 is 14.4 Å². The fourth-order valence-electron chi connectivity index (χ4n) is 1.60. The summed E-state index contributed by atoms with van der Waals surface area (Å²) in [6.07, 6.45) is -0.131. The summed E-state index contributed by atoms with van der Waals surface area (Å²) in [6, 6.07) is 0. The number of rotatable bonds is 3. The first-order chi connectivity index (χ1) is 6.43. The van der Waals surface area contributed by atoms with Gasteiger partial charge in [-0.25, -0.2) is 4.67 Å². The minimum Gasteiger partial charge on any atom is -0.382 e. The second-order valence-electron chi connectivity index (χ2n) is 3.73. The lowest BCUT2D eigenvalue weighted by Crippen LogP contribution is -2.46. The third-order valence-electron chi connectivity index (χ3n) is 2.18. The van der Waals surface area contributed by atoms with Gasteiger partial charge in [-0.1, -0.05) is 0 Å². The molecule has 3 atom stereocenters. The summed E-state index contributed by atoms with van der Waals surface area (Å²) in [7, 11) is -1.55. The fourth-order valence-corrected chi connectivity index (χ4v) is 2.62. The topological polar surface area (TPSA) is 59.0 Å². The van der Waals surface area contributed by atoms with Crippen molar-refractivity contribution < 1.29 is 18.9 Å². The van der Waals surface area contributed by atoms with Crippen LogP contribution in [0.2, 0.25) is 0 Å². The van der Waals surface area contributed by atoms with Gasteiger partial charge in [-0.2, -0.15) is 0 Å². The lowest BCUT2D eigenvalue weighted by atomic mass is 10.2. The molecule has 0 aromatic carbocycles. The standard InChI is InChI=1S/C8H18NO4P/c1-7-4-9(14(3,10)11)5-8(13-7)6-12-2/h7-8H,4-6H2,1-3H3,(H,10,11)/t7-,8-/m0/s1. The third-order valence-corrected chi connectivity index (χ3v) is 3.56. The van der Waals surface area contributed by atoms with Gasteiger partial charge in [0.2, 0.25) is 0 Å². The van der Waals surface area contributed by atoms with Crippen molar-refractivity contribution in [3.05, 3.63) is 0 Å². The maximum atomic E-state index is 11.5. The molecule has 1 unspecified atom stereocenters. The van der Waals surface area contributed by atoms with Crippen LogP contribution in [-0.4, -0.2) is 55.2 Å². The van der Waals surface area contributed by atoms with Crippen LogP contribution in [0.1, 0.15) is 6.92 Å².